The van der Waals surface area contributed by atoms with Crippen molar-refractivity contribution in [3.8, 4) is 6.01 Å². The molecule has 0 spiro atoms. The van der Waals surface area contributed by atoms with Gasteiger partial charge in [0.05, 0.1) is 18.9 Å². The fraction of sp³-hybridized carbons (Fsp3) is 0.278. The van der Waals surface area contributed by atoms with Gasteiger partial charge < -0.3 is 9.64 Å². The average molecular weight is 362 g/mol. The van der Waals surface area contributed by atoms with Gasteiger partial charge in [0.2, 0.25) is 5.91 Å². The number of aromatic nitrogens is 2. The van der Waals surface area contributed by atoms with Gasteiger partial charge in [-0.2, -0.15) is 0 Å². The number of rotatable bonds is 4. The smallest absolute Gasteiger partial charge is 0.316 e. The van der Waals surface area contributed by atoms with E-state index in [1.165, 1.54) is 0 Å². The van der Waals surface area contributed by atoms with Crippen molar-refractivity contribution in [2.45, 2.75) is 18.9 Å². The molecule has 1 fully saturated rings. The molecule has 2 heterocycles. The van der Waals surface area contributed by atoms with E-state index in [0.717, 1.165) is 30.8 Å². The standard InChI is InChI=1S/C18H17ClFN3O2/c19-14-6-3-13(4-7-14)5-8-17(24)23-9-1-2-16(12-23)25-18-21-10-15(20)11-22-18/h3-8,10-11,16H,1-2,9,12H2/b8-5+. The highest BCUT2D eigenvalue weighted by atomic mass is 35.5. The van der Waals surface area contributed by atoms with E-state index in [2.05, 4.69) is 9.97 Å². The van der Waals surface area contributed by atoms with Crippen molar-refractivity contribution < 1.29 is 13.9 Å². The predicted molar refractivity (Wildman–Crippen MR) is 92.7 cm³/mol. The van der Waals surface area contributed by atoms with Crippen LogP contribution >= 0.6 is 11.6 Å². The number of hydrogen-bond acceptors (Lipinski definition) is 4. The lowest BCUT2D eigenvalue weighted by atomic mass is 10.1. The first kappa shape index (κ1) is 17.4. The Morgan fingerprint density at radius 2 is 2.00 bits per heavy atom. The Kier molecular flexibility index (Phi) is 5.60. The SMILES string of the molecule is O=C(/C=C/c1ccc(Cl)cc1)N1CCCC(Oc2ncc(F)cn2)C1. The number of halogens is 2. The molecule has 0 N–H and O–H groups in total. The van der Waals surface area contributed by atoms with E-state index >= 15 is 0 Å². The second kappa shape index (κ2) is 8.07. The Balaban J connectivity index is 1.57. The first-order valence-electron chi connectivity index (χ1n) is 7.97. The third-order valence-corrected chi connectivity index (χ3v) is 4.10. The number of carbonyl (C=O) groups excluding carboxylic acids is 1. The summed E-state index contributed by atoms with van der Waals surface area (Å²) in [6, 6.07) is 7.37. The molecule has 130 valence electrons. The Bertz CT molecular complexity index is 750. The van der Waals surface area contributed by atoms with E-state index in [-0.39, 0.29) is 18.0 Å². The van der Waals surface area contributed by atoms with Gasteiger partial charge >= 0.3 is 6.01 Å². The molecule has 1 amide bonds. The topological polar surface area (TPSA) is 55.3 Å². The zero-order valence-electron chi connectivity index (χ0n) is 13.4. The number of piperidine rings is 1. The molecule has 25 heavy (non-hydrogen) atoms. The van der Waals surface area contributed by atoms with Crippen LogP contribution in [0, 0.1) is 5.82 Å². The van der Waals surface area contributed by atoms with Crippen LogP contribution in [0.2, 0.25) is 5.02 Å². The summed E-state index contributed by atoms with van der Waals surface area (Å²) in [4.78, 5) is 21.7. The molecule has 1 saturated heterocycles. The lowest BCUT2D eigenvalue weighted by Gasteiger charge is -2.31. The lowest BCUT2D eigenvalue weighted by molar-refractivity contribution is -0.128. The van der Waals surface area contributed by atoms with Crippen LogP contribution in [0.25, 0.3) is 6.08 Å². The summed E-state index contributed by atoms with van der Waals surface area (Å²) in [5.74, 6) is -0.594. The van der Waals surface area contributed by atoms with Crippen LogP contribution in [0.15, 0.2) is 42.7 Å². The molecule has 5 nitrogen and oxygen atoms in total. The highest BCUT2D eigenvalue weighted by molar-refractivity contribution is 6.30. The quantitative estimate of drug-likeness (QED) is 0.784. The van der Waals surface area contributed by atoms with Crippen molar-refractivity contribution in [1.82, 2.24) is 14.9 Å². The van der Waals surface area contributed by atoms with Gasteiger partial charge in [-0.05, 0) is 36.6 Å². The van der Waals surface area contributed by atoms with Gasteiger partial charge in [-0.25, -0.2) is 14.4 Å². The summed E-state index contributed by atoms with van der Waals surface area (Å²) in [7, 11) is 0. The van der Waals surface area contributed by atoms with Gasteiger partial charge in [0.1, 0.15) is 6.10 Å². The molecule has 1 aromatic heterocycles. The fourth-order valence-corrected chi connectivity index (χ4v) is 2.72. The highest BCUT2D eigenvalue weighted by Gasteiger charge is 2.24. The maximum atomic E-state index is 12.8. The molecule has 1 aliphatic rings. The Labute approximate surface area is 150 Å². The first-order valence-corrected chi connectivity index (χ1v) is 8.35. The molecule has 1 atom stereocenters. The maximum absolute atomic E-state index is 12.8. The molecule has 1 aliphatic heterocycles. The molecule has 1 unspecified atom stereocenters. The second-order valence-corrected chi connectivity index (χ2v) is 6.17. The Hall–Kier alpha value is -2.47. The Morgan fingerprint density at radius 3 is 2.72 bits per heavy atom. The van der Waals surface area contributed by atoms with Crippen LogP contribution in [-0.4, -0.2) is 40.0 Å². The molecule has 0 radical (unpaired) electrons. The number of ether oxygens (including phenoxy) is 1. The zero-order valence-corrected chi connectivity index (χ0v) is 14.2. The van der Waals surface area contributed by atoms with Gasteiger partial charge in [-0.3, -0.25) is 4.79 Å². The second-order valence-electron chi connectivity index (χ2n) is 5.74. The van der Waals surface area contributed by atoms with Crippen LogP contribution in [-0.2, 0) is 4.79 Å². The van der Waals surface area contributed by atoms with Crippen LogP contribution in [0.1, 0.15) is 18.4 Å². The fourth-order valence-electron chi connectivity index (χ4n) is 2.59. The van der Waals surface area contributed by atoms with Crippen molar-refractivity contribution in [2.75, 3.05) is 13.1 Å². The van der Waals surface area contributed by atoms with Crippen molar-refractivity contribution in [1.29, 1.82) is 0 Å². The maximum Gasteiger partial charge on any atom is 0.316 e. The number of carbonyl (C=O) groups is 1. The Morgan fingerprint density at radius 1 is 1.28 bits per heavy atom. The molecular formula is C18H17ClFN3O2. The number of amides is 1. The molecule has 1 aromatic carbocycles. The van der Waals surface area contributed by atoms with Crippen LogP contribution in [0.5, 0.6) is 6.01 Å². The van der Waals surface area contributed by atoms with Crippen LogP contribution in [0.3, 0.4) is 0 Å². The van der Waals surface area contributed by atoms with Crippen molar-refractivity contribution in [3.05, 3.63) is 59.1 Å². The summed E-state index contributed by atoms with van der Waals surface area (Å²) in [5.41, 5.74) is 0.905. The largest absolute Gasteiger partial charge is 0.458 e. The van der Waals surface area contributed by atoms with E-state index < -0.39 is 5.82 Å². The molecule has 0 aliphatic carbocycles. The van der Waals surface area contributed by atoms with E-state index in [4.69, 9.17) is 16.3 Å². The van der Waals surface area contributed by atoms with Crippen molar-refractivity contribution >= 4 is 23.6 Å². The monoisotopic (exact) mass is 361 g/mol. The molecule has 3 rings (SSSR count). The molecule has 2 aromatic rings. The van der Waals surface area contributed by atoms with E-state index in [0.29, 0.717) is 18.1 Å². The van der Waals surface area contributed by atoms with Crippen molar-refractivity contribution in [2.24, 2.45) is 0 Å². The minimum absolute atomic E-state index is 0.0803. The first-order chi connectivity index (χ1) is 12.1. The third-order valence-electron chi connectivity index (χ3n) is 3.85. The number of hydrogen-bond donors (Lipinski definition) is 0. The molecular weight excluding hydrogens is 345 g/mol. The van der Waals surface area contributed by atoms with Gasteiger partial charge in [0, 0.05) is 17.6 Å². The van der Waals surface area contributed by atoms with E-state index in [1.807, 2.05) is 12.1 Å². The number of nitrogens with zero attached hydrogens (tertiary/aromatic N) is 3. The highest BCUT2D eigenvalue weighted by Crippen LogP contribution is 2.16. The van der Waals surface area contributed by atoms with Gasteiger partial charge in [0.15, 0.2) is 5.82 Å². The summed E-state index contributed by atoms with van der Waals surface area (Å²) in [6.45, 7) is 1.12. The van der Waals surface area contributed by atoms with Crippen LogP contribution < -0.4 is 4.74 Å². The van der Waals surface area contributed by atoms with E-state index in [9.17, 15) is 9.18 Å². The summed E-state index contributed by atoms with van der Waals surface area (Å²) in [6.07, 6.45) is 6.84. The third kappa shape index (κ3) is 5.00. The van der Waals surface area contributed by atoms with Crippen LogP contribution in [0.4, 0.5) is 4.39 Å². The zero-order chi connectivity index (χ0) is 17.6. The average Bonchev–Trinajstić information content (AvgIpc) is 2.63. The minimum atomic E-state index is -0.514. The predicted octanol–water partition coefficient (Wildman–Crippen LogP) is 3.35. The lowest BCUT2D eigenvalue weighted by Crippen LogP contribution is -2.43. The van der Waals surface area contributed by atoms with Gasteiger partial charge in [-0.1, -0.05) is 23.7 Å². The summed E-state index contributed by atoms with van der Waals surface area (Å²) < 4.78 is 18.5. The number of benzene rings is 1. The summed E-state index contributed by atoms with van der Waals surface area (Å²) >= 11 is 5.84. The number of likely N-dealkylation sites (tertiary alicyclic amines) is 1. The molecule has 7 heteroatoms. The molecule has 0 bridgehead atoms. The van der Waals surface area contributed by atoms with Gasteiger partial charge in [0.25, 0.3) is 0 Å². The normalized spacial score (nSPS) is 17.7. The van der Waals surface area contributed by atoms with E-state index in [1.54, 1.807) is 29.2 Å². The van der Waals surface area contributed by atoms with Crippen molar-refractivity contribution in [3.63, 3.8) is 0 Å². The van der Waals surface area contributed by atoms with Gasteiger partial charge in [-0.15, -0.1) is 0 Å². The molecule has 0 saturated carbocycles. The minimum Gasteiger partial charge on any atom is -0.458 e. The summed E-state index contributed by atoms with van der Waals surface area (Å²) in [5, 5.41) is 0.655.